The van der Waals surface area contributed by atoms with Gasteiger partial charge < -0.3 is 14.6 Å². The number of fused-ring (bicyclic) bond motifs is 1. The number of piperidine rings is 1. The highest BCUT2D eigenvalue weighted by molar-refractivity contribution is 8.45. The van der Waals surface area contributed by atoms with Crippen molar-refractivity contribution in [1.82, 2.24) is 19.9 Å². The molecule has 0 radical (unpaired) electrons. The third-order valence-electron chi connectivity index (χ3n) is 7.02. The van der Waals surface area contributed by atoms with E-state index in [9.17, 15) is 24.2 Å². The van der Waals surface area contributed by atoms with E-state index in [0.29, 0.717) is 31.8 Å². The molecular weight excluding hydrogens is 491 g/mol. The van der Waals surface area contributed by atoms with Crippen LogP contribution in [0, 0.1) is 0 Å². The Morgan fingerprint density at radius 3 is 2.29 bits per heavy atom. The lowest BCUT2D eigenvalue weighted by atomic mass is 9.82. The molecule has 35 heavy (non-hydrogen) atoms. The standard InChI is InChI=1S/C23H25F5N4O2S/c1-34-17-12-16(13-17)21-30-20-19(6-9-29-22(20)31-21)14-7-10-32(11-8-14)23(33)15-2-4-18(5-3-15)35(24,25,26,27)28/h2-6,9,14,16-17H,7-8,10-13H2,1H3,(H,29,30,31)/t16-,17-. The highest BCUT2D eigenvalue weighted by Gasteiger charge is 2.65. The summed E-state index contributed by atoms with van der Waals surface area (Å²) in [5, 5.41) is 0. The van der Waals surface area contributed by atoms with Gasteiger partial charge in [-0.15, -0.1) is 0 Å². The van der Waals surface area contributed by atoms with Crippen LogP contribution >= 0.6 is 10.2 Å². The SMILES string of the molecule is CO[C@H]1C[C@H](c2nc3c(C4CCN(C(=O)c5ccc(S(F)(F)(F)(F)F)cc5)CC4)ccnc3[nH]2)C1. The smallest absolute Gasteiger partial charge is 0.310 e. The van der Waals surface area contributed by atoms with Crippen LogP contribution in [0.2, 0.25) is 0 Å². The Bertz CT molecular complexity index is 1270. The van der Waals surface area contributed by atoms with E-state index < -0.39 is 21.0 Å². The number of carbonyl (C=O) groups is 1. The first kappa shape index (κ1) is 24.0. The Morgan fingerprint density at radius 2 is 1.69 bits per heavy atom. The number of methoxy groups -OCH3 is 1. The summed E-state index contributed by atoms with van der Waals surface area (Å²) in [6.07, 6.45) is 5.10. The van der Waals surface area contributed by atoms with Gasteiger partial charge in [0.1, 0.15) is 16.2 Å². The lowest BCUT2D eigenvalue weighted by Gasteiger charge is -2.40. The number of carbonyl (C=O) groups excluding carboxylic acids is 1. The summed E-state index contributed by atoms with van der Waals surface area (Å²) in [5.41, 5.74) is 2.54. The molecule has 6 nitrogen and oxygen atoms in total. The molecule has 1 aromatic carbocycles. The number of nitrogens with zero attached hydrogens (tertiary/aromatic N) is 3. The Morgan fingerprint density at radius 1 is 1.03 bits per heavy atom. The van der Waals surface area contributed by atoms with Gasteiger partial charge in [0, 0.05) is 37.9 Å². The average Bonchev–Trinajstić information content (AvgIpc) is 3.20. The van der Waals surface area contributed by atoms with Gasteiger partial charge in [0.15, 0.2) is 5.65 Å². The first-order chi connectivity index (χ1) is 16.3. The van der Waals surface area contributed by atoms with Gasteiger partial charge in [-0.25, -0.2) is 9.97 Å². The number of hydrogen-bond donors (Lipinski definition) is 1. The fourth-order valence-corrected chi connectivity index (χ4v) is 5.53. The van der Waals surface area contributed by atoms with Gasteiger partial charge in [-0.05, 0) is 67.5 Å². The Hall–Kier alpha value is -2.73. The van der Waals surface area contributed by atoms with Crippen molar-refractivity contribution >= 4 is 27.3 Å². The van der Waals surface area contributed by atoms with Crippen LogP contribution in [0.25, 0.3) is 11.2 Å². The van der Waals surface area contributed by atoms with E-state index in [1.165, 1.54) is 0 Å². The molecule has 3 aromatic rings. The van der Waals surface area contributed by atoms with Crippen LogP contribution in [0.15, 0.2) is 41.4 Å². The van der Waals surface area contributed by atoms with Crippen molar-refractivity contribution in [3.8, 4) is 0 Å². The Kier molecular flexibility index (Phi) is 5.23. The van der Waals surface area contributed by atoms with Crippen LogP contribution in [0.1, 0.15) is 59.3 Å². The van der Waals surface area contributed by atoms with Gasteiger partial charge in [-0.1, -0.05) is 19.4 Å². The average molecular weight is 517 g/mol. The second-order valence-corrected chi connectivity index (χ2v) is 11.7. The second kappa shape index (κ2) is 7.63. The molecule has 2 fully saturated rings. The summed E-state index contributed by atoms with van der Waals surface area (Å²) in [4.78, 5) is 24.9. The van der Waals surface area contributed by atoms with Crippen molar-refractivity contribution in [3.05, 3.63) is 53.5 Å². The Labute approximate surface area is 198 Å². The lowest BCUT2D eigenvalue weighted by Crippen LogP contribution is -2.38. The maximum Gasteiger partial charge on any atom is 0.310 e. The van der Waals surface area contributed by atoms with Crippen LogP contribution in [0.5, 0.6) is 0 Å². The summed E-state index contributed by atoms with van der Waals surface area (Å²) in [7, 11) is -8.06. The summed E-state index contributed by atoms with van der Waals surface area (Å²) < 4.78 is 70.1. The summed E-state index contributed by atoms with van der Waals surface area (Å²) in [6.45, 7) is 0.790. The number of pyridine rings is 1. The maximum absolute atomic E-state index is 12.9. The second-order valence-electron chi connectivity index (χ2n) is 9.31. The molecule has 1 N–H and O–H groups in total. The van der Waals surface area contributed by atoms with Crippen LogP contribution < -0.4 is 0 Å². The van der Waals surface area contributed by atoms with E-state index in [4.69, 9.17) is 9.72 Å². The van der Waals surface area contributed by atoms with Crippen LogP contribution in [-0.4, -0.2) is 52.1 Å². The molecule has 1 aliphatic carbocycles. The predicted octanol–water partition coefficient (Wildman–Crippen LogP) is 6.53. The summed E-state index contributed by atoms with van der Waals surface area (Å²) in [6, 6.07) is 4.12. The maximum atomic E-state index is 12.9. The quantitative estimate of drug-likeness (QED) is 0.392. The zero-order valence-corrected chi connectivity index (χ0v) is 19.7. The molecule has 1 saturated carbocycles. The number of H-pyrrole nitrogens is 1. The van der Waals surface area contributed by atoms with E-state index in [0.717, 1.165) is 47.5 Å². The lowest BCUT2D eigenvalue weighted by molar-refractivity contribution is 0.0239. The largest absolute Gasteiger partial charge is 0.381 e. The topological polar surface area (TPSA) is 71.1 Å². The molecular formula is C23H25F5N4O2S. The number of benzene rings is 1. The molecule has 1 amide bonds. The van der Waals surface area contributed by atoms with Crippen molar-refractivity contribution < 1.29 is 29.0 Å². The fourth-order valence-electron chi connectivity index (χ4n) is 4.88. The van der Waals surface area contributed by atoms with E-state index in [1.54, 1.807) is 18.2 Å². The van der Waals surface area contributed by atoms with E-state index in [2.05, 4.69) is 9.97 Å². The summed E-state index contributed by atoms with van der Waals surface area (Å²) in [5.74, 6) is 0.879. The molecule has 2 aromatic heterocycles. The van der Waals surface area contributed by atoms with E-state index >= 15 is 0 Å². The summed E-state index contributed by atoms with van der Waals surface area (Å²) >= 11 is 0. The highest BCUT2D eigenvalue weighted by atomic mass is 32.5. The van der Waals surface area contributed by atoms with Crippen LogP contribution in [0.3, 0.4) is 0 Å². The van der Waals surface area contributed by atoms with Crippen molar-refractivity contribution in [2.24, 2.45) is 0 Å². The molecule has 3 heterocycles. The number of imidazole rings is 1. The van der Waals surface area contributed by atoms with Crippen molar-refractivity contribution in [2.45, 2.75) is 48.5 Å². The third kappa shape index (κ3) is 4.73. The molecule has 0 bridgehead atoms. The van der Waals surface area contributed by atoms with Gasteiger partial charge in [-0.3, -0.25) is 4.79 Å². The Balaban J connectivity index is 1.27. The number of amides is 1. The predicted molar refractivity (Wildman–Crippen MR) is 122 cm³/mol. The first-order valence-corrected chi connectivity index (χ1v) is 13.3. The van der Waals surface area contributed by atoms with E-state index in [1.807, 2.05) is 6.07 Å². The van der Waals surface area contributed by atoms with Gasteiger partial charge in [-0.2, -0.15) is 0 Å². The molecule has 0 atom stereocenters. The minimum absolute atomic E-state index is 0.0489. The molecule has 0 spiro atoms. The third-order valence-corrected chi connectivity index (χ3v) is 8.18. The number of aromatic nitrogens is 3. The molecule has 1 saturated heterocycles. The minimum Gasteiger partial charge on any atom is -0.381 e. The molecule has 12 heteroatoms. The van der Waals surface area contributed by atoms with Gasteiger partial charge >= 0.3 is 10.2 Å². The van der Waals surface area contributed by atoms with Crippen LogP contribution in [-0.2, 0) is 4.74 Å². The number of ether oxygens (including phenoxy) is 1. The van der Waals surface area contributed by atoms with Crippen LogP contribution in [0.4, 0.5) is 19.4 Å². The van der Waals surface area contributed by atoms with Gasteiger partial charge in [0.2, 0.25) is 0 Å². The molecule has 190 valence electrons. The number of halogens is 5. The van der Waals surface area contributed by atoms with Crippen molar-refractivity contribution in [3.63, 3.8) is 0 Å². The van der Waals surface area contributed by atoms with Gasteiger partial charge in [0.25, 0.3) is 5.91 Å². The van der Waals surface area contributed by atoms with Gasteiger partial charge in [0.05, 0.1) is 6.10 Å². The first-order valence-electron chi connectivity index (χ1n) is 11.3. The monoisotopic (exact) mass is 516 g/mol. The zero-order chi connectivity index (χ0) is 25.1. The number of nitrogens with one attached hydrogen (secondary N) is 1. The number of likely N-dealkylation sites (tertiary alicyclic amines) is 1. The number of aromatic amines is 1. The number of hydrogen-bond acceptors (Lipinski definition) is 4. The molecule has 5 rings (SSSR count). The van der Waals surface area contributed by atoms with Crippen molar-refractivity contribution in [2.75, 3.05) is 20.2 Å². The molecule has 1 aliphatic heterocycles. The number of rotatable bonds is 5. The zero-order valence-electron chi connectivity index (χ0n) is 18.9. The minimum atomic E-state index is -9.77. The van der Waals surface area contributed by atoms with E-state index in [-0.39, 0.29) is 29.7 Å². The normalized spacial score (nSPS) is 23.5. The molecule has 2 aliphatic rings. The van der Waals surface area contributed by atoms with Crippen molar-refractivity contribution in [1.29, 1.82) is 0 Å². The fraction of sp³-hybridized carbons (Fsp3) is 0.435. The highest BCUT2D eigenvalue weighted by Crippen LogP contribution is 3.02. The molecule has 0 unspecified atom stereocenters.